The Hall–Kier alpha value is -0.810. The van der Waals surface area contributed by atoms with Crippen LogP contribution in [0.2, 0.25) is 0 Å². The van der Waals surface area contributed by atoms with Crippen LogP contribution in [0.4, 0.5) is 17.6 Å². The number of hydrogen-bond acceptors (Lipinski definition) is 1. The van der Waals surface area contributed by atoms with Gasteiger partial charge in [0.2, 0.25) is 0 Å². The Labute approximate surface area is 76.9 Å². The van der Waals surface area contributed by atoms with Crippen LogP contribution in [0, 0.1) is 10.8 Å². The molecule has 0 radical (unpaired) electrons. The van der Waals surface area contributed by atoms with Gasteiger partial charge in [-0.15, -0.1) is 0 Å². The summed E-state index contributed by atoms with van der Waals surface area (Å²) in [5.74, 6) is -5.19. The van der Waals surface area contributed by atoms with E-state index in [1.54, 1.807) is 0 Å². The zero-order valence-corrected chi connectivity index (χ0v) is 7.07. The molecule has 0 aliphatic heterocycles. The SMILES string of the molecule is O=C(O)C12CC(C(F)(F)C(F)F)(C1)C2. The quantitative estimate of drug-likeness (QED) is 0.727. The molecule has 0 spiro atoms. The van der Waals surface area contributed by atoms with E-state index in [4.69, 9.17) is 5.11 Å². The van der Waals surface area contributed by atoms with Crippen LogP contribution in [0.25, 0.3) is 0 Å². The lowest BCUT2D eigenvalue weighted by atomic mass is 9.33. The molecule has 14 heavy (non-hydrogen) atoms. The average molecular weight is 212 g/mol. The number of rotatable bonds is 3. The molecule has 2 bridgehead atoms. The number of carboxylic acids is 1. The molecule has 0 aromatic carbocycles. The second kappa shape index (κ2) is 2.23. The third kappa shape index (κ3) is 0.797. The molecular formula is C8H8F4O2. The summed E-state index contributed by atoms with van der Waals surface area (Å²) >= 11 is 0. The van der Waals surface area contributed by atoms with Crippen molar-refractivity contribution in [2.24, 2.45) is 10.8 Å². The highest BCUT2D eigenvalue weighted by Crippen LogP contribution is 2.78. The molecule has 3 fully saturated rings. The van der Waals surface area contributed by atoms with E-state index in [-0.39, 0.29) is 19.3 Å². The fraction of sp³-hybridized carbons (Fsp3) is 0.875. The Morgan fingerprint density at radius 2 is 1.71 bits per heavy atom. The third-order valence-electron chi connectivity index (χ3n) is 3.47. The Morgan fingerprint density at radius 3 is 2.00 bits per heavy atom. The maximum Gasteiger partial charge on any atom is 0.313 e. The van der Waals surface area contributed by atoms with E-state index in [9.17, 15) is 22.4 Å². The van der Waals surface area contributed by atoms with Gasteiger partial charge in [0, 0.05) is 5.41 Å². The summed E-state index contributed by atoms with van der Waals surface area (Å²) in [6, 6.07) is 0. The summed E-state index contributed by atoms with van der Waals surface area (Å²) in [5.41, 5.74) is -2.86. The van der Waals surface area contributed by atoms with E-state index in [0.29, 0.717) is 0 Å². The Bertz CT molecular complexity index is 280. The topological polar surface area (TPSA) is 37.3 Å². The molecule has 3 rings (SSSR count). The molecule has 6 heteroatoms. The minimum absolute atomic E-state index is 0.313. The molecule has 0 unspecified atom stereocenters. The Balaban J connectivity index is 2.11. The van der Waals surface area contributed by atoms with Crippen LogP contribution >= 0.6 is 0 Å². The zero-order chi connectivity index (χ0) is 10.8. The standard InChI is InChI=1S/C8H8F4O2/c9-4(10)8(11,12)7-1-6(2-7,3-7)5(13)14/h4H,1-3H2,(H,13,14). The third-order valence-corrected chi connectivity index (χ3v) is 3.47. The summed E-state index contributed by atoms with van der Waals surface area (Å²) in [6.07, 6.45) is -4.64. The van der Waals surface area contributed by atoms with Crippen LogP contribution in [-0.2, 0) is 4.79 Å². The summed E-state index contributed by atoms with van der Waals surface area (Å²) in [4.78, 5) is 10.5. The second-order valence-corrected chi connectivity index (χ2v) is 4.32. The highest BCUT2D eigenvalue weighted by molar-refractivity contribution is 5.79. The molecule has 3 saturated carbocycles. The second-order valence-electron chi connectivity index (χ2n) is 4.32. The highest BCUT2D eigenvalue weighted by Gasteiger charge is 2.82. The van der Waals surface area contributed by atoms with E-state index in [2.05, 4.69) is 0 Å². The largest absolute Gasteiger partial charge is 0.481 e. The molecule has 3 aliphatic rings. The number of alkyl halides is 4. The first-order valence-corrected chi connectivity index (χ1v) is 4.15. The van der Waals surface area contributed by atoms with Crippen molar-refractivity contribution in [2.75, 3.05) is 0 Å². The summed E-state index contributed by atoms with van der Waals surface area (Å²) < 4.78 is 49.8. The predicted octanol–water partition coefficient (Wildman–Crippen LogP) is 2.14. The van der Waals surface area contributed by atoms with Crippen LogP contribution in [0.15, 0.2) is 0 Å². The number of carbonyl (C=O) groups is 1. The minimum Gasteiger partial charge on any atom is -0.481 e. The van der Waals surface area contributed by atoms with Crippen LogP contribution in [0.1, 0.15) is 19.3 Å². The van der Waals surface area contributed by atoms with Crippen molar-refractivity contribution in [1.29, 1.82) is 0 Å². The molecule has 80 valence electrons. The Morgan fingerprint density at radius 1 is 1.29 bits per heavy atom. The normalized spacial score (nSPS) is 40.4. The molecule has 0 saturated heterocycles. The summed E-state index contributed by atoms with van der Waals surface area (Å²) in [7, 11) is 0. The van der Waals surface area contributed by atoms with Gasteiger partial charge in [0.1, 0.15) is 0 Å². The molecule has 0 aromatic rings. The molecule has 3 aliphatic carbocycles. The monoisotopic (exact) mass is 212 g/mol. The lowest BCUT2D eigenvalue weighted by molar-refractivity contribution is -0.338. The molecule has 0 aromatic heterocycles. The van der Waals surface area contributed by atoms with Crippen molar-refractivity contribution in [3.05, 3.63) is 0 Å². The van der Waals surface area contributed by atoms with Crippen LogP contribution in [0.3, 0.4) is 0 Å². The lowest BCUT2D eigenvalue weighted by Gasteiger charge is -2.69. The van der Waals surface area contributed by atoms with Crippen molar-refractivity contribution in [3.8, 4) is 0 Å². The van der Waals surface area contributed by atoms with Gasteiger partial charge in [-0.3, -0.25) is 4.79 Å². The van der Waals surface area contributed by atoms with Gasteiger partial charge >= 0.3 is 18.3 Å². The molecule has 0 amide bonds. The number of aliphatic carboxylic acids is 1. The van der Waals surface area contributed by atoms with Crippen LogP contribution in [-0.4, -0.2) is 23.4 Å². The van der Waals surface area contributed by atoms with Crippen LogP contribution < -0.4 is 0 Å². The van der Waals surface area contributed by atoms with E-state index in [0.717, 1.165) is 0 Å². The van der Waals surface area contributed by atoms with Crippen LogP contribution in [0.5, 0.6) is 0 Å². The fourth-order valence-corrected chi connectivity index (χ4v) is 2.60. The first-order chi connectivity index (χ1) is 6.26. The fourth-order valence-electron chi connectivity index (χ4n) is 2.60. The van der Waals surface area contributed by atoms with Crippen molar-refractivity contribution >= 4 is 5.97 Å². The maximum absolute atomic E-state index is 12.9. The highest BCUT2D eigenvalue weighted by atomic mass is 19.3. The predicted molar refractivity (Wildman–Crippen MR) is 37.3 cm³/mol. The van der Waals surface area contributed by atoms with Gasteiger partial charge in [0.25, 0.3) is 0 Å². The van der Waals surface area contributed by atoms with Crippen molar-refractivity contribution < 1.29 is 27.5 Å². The number of carboxylic acid groups (broad SMARTS) is 1. The van der Waals surface area contributed by atoms with E-state index in [1.807, 2.05) is 0 Å². The zero-order valence-electron chi connectivity index (χ0n) is 7.07. The molecular weight excluding hydrogens is 204 g/mol. The van der Waals surface area contributed by atoms with Gasteiger partial charge in [-0.1, -0.05) is 0 Å². The first kappa shape index (κ1) is 9.73. The van der Waals surface area contributed by atoms with Crippen molar-refractivity contribution in [1.82, 2.24) is 0 Å². The molecule has 0 heterocycles. The molecule has 1 N–H and O–H groups in total. The smallest absolute Gasteiger partial charge is 0.313 e. The van der Waals surface area contributed by atoms with Gasteiger partial charge in [0.15, 0.2) is 0 Å². The van der Waals surface area contributed by atoms with E-state index >= 15 is 0 Å². The average Bonchev–Trinajstić information content (AvgIpc) is 1.77. The Kier molecular flexibility index (Phi) is 1.55. The summed E-state index contributed by atoms with van der Waals surface area (Å²) in [5, 5.41) is 8.62. The van der Waals surface area contributed by atoms with Gasteiger partial charge < -0.3 is 5.11 Å². The number of halogens is 4. The summed E-state index contributed by atoms with van der Waals surface area (Å²) in [6.45, 7) is 0. The van der Waals surface area contributed by atoms with E-state index < -0.39 is 29.1 Å². The lowest BCUT2D eigenvalue weighted by Crippen LogP contribution is -2.73. The van der Waals surface area contributed by atoms with Crippen molar-refractivity contribution in [2.45, 2.75) is 31.6 Å². The molecule has 2 nitrogen and oxygen atoms in total. The van der Waals surface area contributed by atoms with Gasteiger partial charge in [-0.05, 0) is 19.3 Å². The van der Waals surface area contributed by atoms with Gasteiger partial charge in [0.05, 0.1) is 5.41 Å². The van der Waals surface area contributed by atoms with E-state index in [1.165, 1.54) is 0 Å². The molecule has 0 atom stereocenters. The van der Waals surface area contributed by atoms with Gasteiger partial charge in [-0.2, -0.15) is 8.78 Å². The van der Waals surface area contributed by atoms with Crippen molar-refractivity contribution in [3.63, 3.8) is 0 Å². The maximum atomic E-state index is 12.9. The number of hydrogen-bond donors (Lipinski definition) is 1. The minimum atomic E-state index is -4.04. The van der Waals surface area contributed by atoms with Gasteiger partial charge in [-0.25, -0.2) is 8.78 Å². The first-order valence-electron chi connectivity index (χ1n) is 4.15.